The lowest BCUT2D eigenvalue weighted by Gasteiger charge is -2.29. The van der Waals surface area contributed by atoms with Gasteiger partial charge < -0.3 is 10.6 Å². The van der Waals surface area contributed by atoms with Crippen LogP contribution in [0.15, 0.2) is 53.4 Å². The average molecular weight is 491 g/mol. The number of urea groups is 1. The number of sulfonamides is 1. The highest BCUT2D eigenvalue weighted by Gasteiger charge is 2.70. The monoisotopic (exact) mass is 490 g/mol. The van der Waals surface area contributed by atoms with Gasteiger partial charge in [-0.1, -0.05) is 23.7 Å². The Morgan fingerprint density at radius 2 is 1.69 bits per heavy atom. The lowest BCUT2D eigenvalue weighted by Crippen LogP contribution is -2.69. The van der Waals surface area contributed by atoms with E-state index in [9.17, 15) is 36.0 Å². The minimum Gasteiger partial charge on any atom is -0.326 e. The summed E-state index contributed by atoms with van der Waals surface area (Å²) in [5, 5.41) is 3.57. The van der Waals surface area contributed by atoms with Gasteiger partial charge >= 0.3 is 12.2 Å². The smallest absolute Gasteiger partial charge is 0.326 e. The zero-order valence-electron chi connectivity index (χ0n) is 16.0. The van der Waals surface area contributed by atoms with Gasteiger partial charge in [-0.2, -0.15) is 17.9 Å². The van der Waals surface area contributed by atoms with Gasteiger partial charge in [-0.3, -0.25) is 9.59 Å². The Morgan fingerprint density at radius 3 is 2.22 bits per heavy atom. The third kappa shape index (κ3) is 4.13. The maximum Gasteiger partial charge on any atom is 0.435 e. The zero-order chi connectivity index (χ0) is 23.9. The van der Waals surface area contributed by atoms with Crippen LogP contribution in [-0.4, -0.2) is 38.1 Å². The number of nitrogens with zero attached hydrogens (tertiary/aromatic N) is 1. The fourth-order valence-corrected chi connectivity index (χ4v) is 4.37. The predicted molar refractivity (Wildman–Crippen MR) is 107 cm³/mol. The average Bonchev–Trinajstić information content (AvgIpc) is 2.92. The second kappa shape index (κ2) is 8.07. The second-order valence-corrected chi connectivity index (χ2v) is 8.67. The lowest BCUT2D eigenvalue weighted by atomic mass is 10.1. The molecule has 1 saturated heterocycles. The van der Waals surface area contributed by atoms with Crippen LogP contribution in [0.5, 0.6) is 0 Å². The number of para-hydroxylation sites is 1. The van der Waals surface area contributed by atoms with E-state index in [0.29, 0.717) is 0 Å². The highest BCUT2D eigenvalue weighted by molar-refractivity contribution is 7.89. The van der Waals surface area contributed by atoms with Gasteiger partial charge in [0.25, 0.3) is 11.6 Å². The molecule has 0 saturated carbocycles. The first-order valence-electron chi connectivity index (χ1n) is 8.68. The van der Waals surface area contributed by atoms with E-state index in [1.807, 2.05) is 0 Å². The molecule has 0 radical (unpaired) electrons. The van der Waals surface area contributed by atoms with Gasteiger partial charge in [-0.15, -0.1) is 0 Å². The number of anilines is 2. The van der Waals surface area contributed by atoms with Crippen LogP contribution >= 0.6 is 11.6 Å². The van der Waals surface area contributed by atoms with Crippen molar-refractivity contribution in [2.75, 3.05) is 10.2 Å². The quantitative estimate of drug-likeness (QED) is 0.556. The summed E-state index contributed by atoms with van der Waals surface area (Å²) >= 11 is 5.90. The molecule has 1 heterocycles. The van der Waals surface area contributed by atoms with Gasteiger partial charge in [0.2, 0.25) is 15.9 Å². The van der Waals surface area contributed by atoms with Crippen molar-refractivity contribution in [1.82, 2.24) is 10.0 Å². The summed E-state index contributed by atoms with van der Waals surface area (Å²) in [6, 6.07) is 7.72. The first kappa shape index (κ1) is 23.5. The molecule has 1 atom stereocenters. The molecule has 170 valence electrons. The summed E-state index contributed by atoms with van der Waals surface area (Å²) in [7, 11) is -4.98. The largest absolute Gasteiger partial charge is 0.435 e. The predicted octanol–water partition coefficient (Wildman–Crippen LogP) is 2.59. The first-order chi connectivity index (χ1) is 14.8. The molecule has 2 aromatic rings. The maximum absolute atomic E-state index is 14.0. The van der Waals surface area contributed by atoms with Crippen LogP contribution in [0.3, 0.4) is 0 Å². The number of halogens is 4. The zero-order valence-corrected chi connectivity index (χ0v) is 17.6. The minimum absolute atomic E-state index is 0.109. The van der Waals surface area contributed by atoms with E-state index in [-0.39, 0.29) is 21.3 Å². The number of benzene rings is 2. The molecule has 14 heteroatoms. The summed E-state index contributed by atoms with van der Waals surface area (Å²) in [6.45, 7) is 1.21. The molecule has 1 fully saturated rings. The molecule has 1 aliphatic heterocycles. The van der Waals surface area contributed by atoms with Crippen molar-refractivity contribution in [3.05, 3.63) is 53.6 Å². The molecular formula is C18H14ClF3N4O5S. The van der Waals surface area contributed by atoms with E-state index < -0.39 is 44.6 Å². The van der Waals surface area contributed by atoms with Crippen LogP contribution in [0.2, 0.25) is 5.02 Å². The summed E-state index contributed by atoms with van der Waals surface area (Å²) in [5.74, 6) is -2.38. The highest BCUT2D eigenvalue weighted by Crippen LogP contribution is 2.38. The Balaban J connectivity index is 2.02. The fraction of sp³-hybridized carbons (Fsp3) is 0.167. The molecule has 0 spiro atoms. The van der Waals surface area contributed by atoms with E-state index >= 15 is 0 Å². The maximum atomic E-state index is 14.0. The van der Waals surface area contributed by atoms with Gasteiger partial charge in [0, 0.05) is 12.6 Å². The van der Waals surface area contributed by atoms with Crippen molar-refractivity contribution < 1.29 is 36.0 Å². The number of imide groups is 1. The summed E-state index contributed by atoms with van der Waals surface area (Å²) < 4.78 is 68.7. The van der Waals surface area contributed by atoms with Crippen LogP contribution < -0.4 is 20.3 Å². The molecule has 0 unspecified atom stereocenters. The van der Waals surface area contributed by atoms with Gasteiger partial charge in [-0.25, -0.2) is 18.1 Å². The van der Waals surface area contributed by atoms with Gasteiger partial charge in [-0.05, 0) is 36.4 Å². The number of amides is 4. The summed E-state index contributed by atoms with van der Waals surface area (Å²) in [5.41, 5.74) is -4.14. The third-order valence-corrected chi connectivity index (χ3v) is 6.10. The number of rotatable bonds is 5. The topological polar surface area (TPSA) is 125 Å². The molecule has 1 aliphatic rings. The van der Waals surface area contributed by atoms with E-state index in [2.05, 4.69) is 5.32 Å². The van der Waals surface area contributed by atoms with Crippen LogP contribution in [-0.2, 0) is 19.6 Å². The number of nitrogens with one attached hydrogen (secondary N) is 3. The SMILES string of the molecule is CC(=O)Nc1ccc(S(=O)(=O)N[C@@]2(C(F)(F)F)NC(=O)N(c3ccccc3Cl)C2=O)cc1. The second-order valence-electron chi connectivity index (χ2n) is 6.58. The van der Waals surface area contributed by atoms with E-state index in [1.54, 1.807) is 0 Å². The summed E-state index contributed by atoms with van der Waals surface area (Å²) in [6.07, 6.45) is -5.56. The van der Waals surface area contributed by atoms with Gasteiger partial charge in [0.1, 0.15) is 0 Å². The normalized spacial score (nSPS) is 19.1. The van der Waals surface area contributed by atoms with Crippen LogP contribution in [0.25, 0.3) is 0 Å². The number of alkyl halides is 3. The Morgan fingerprint density at radius 1 is 1.09 bits per heavy atom. The van der Waals surface area contributed by atoms with Crippen LogP contribution in [0.1, 0.15) is 6.92 Å². The van der Waals surface area contributed by atoms with Crippen molar-refractivity contribution in [3.8, 4) is 0 Å². The Bertz CT molecular complexity index is 1200. The van der Waals surface area contributed by atoms with Gasteiger partial charge in [0.15, 0.2) is 0 Å². The number of carbonyl (C=O) groups excluding carboxylic acids is 3. The summed E-state index contributed by atoms with van der Waals surface area (Å²) in [4.78, 5) is 35.7. The molecule has 32 heavy (non-hydrogen) atoms. The lowest BCUT2D eigenvalue weighted by molar-refractivity contribution is -0.194. The Labute approximate surface area is 184 Å². The van der Waals surface area contributed by atoms with E-state index in [4.69, 9.17) is 11.6 Å². The van der Waals surface area contributed by atoms with Crippen molar-refractivity contribution in [2.45, 2.75) is 23.7 Å². The molecule has 3 rings (SSSR count). The van der Waals surface area contributed by atoms with Crippen molar-refractivity contribution in [3.63, 3.8) is 0 Å². The molecule has 9 nitrogen and oxygen atoms in total. The molecule has 0 aliphatic carbocycles. The van der Waals surface area contributed by atoms with Crippen molar-refractivity contribution in [2.24, 2.45) is 0 Å². The molecule has 0 aromatic heterocycles. The Kier molecular flexibility index (Phi) is 5.93. The van der Waals surface area contributed by atoms with Crippen molar-refractivity contribution in [1.29, 1.82) is 0 Å². The molecule has 4 amide bonds. The molecule has 2 aromatic carbocycles. The third-order valence-electron chi connectivity index (χ3n) is 4.31. The van der Waals surface area contributed by atoms with Crippen LogP contribution in [0, 0.1) is 0 Å². The number of hydrogen-bond donors (Lipinski definition) is 3. The van der Waals surface area contributed by atoms with Crippen molar-refractivity contribution >= 4 is 50.8 Å². The van der Waals surface area contributed by atoms with E-state index in [1.165, 1.54) is 35.2 Å². The standard InChI is InChI=1S/C18H14ClF3N4O5S/c1-10(27)23-11-6-8-12(9-7-11)32(30,31)25-17(18(20,21)22)15(28)26(16(29)24-17)14-5-3-2-4-13(14)19/h2-9,25H,1H3,(H,23,27)(H,24,29)/t17-/m0/s1. The molecule has 0 bridgehead atoms. The molecular weight excluding hydrogens is 477 g/mol. The number of carbonyl (C=O) groups is 3. The fourth-order valence-electron chi connectivity index (χ4n) is 2.88. The Hall–Kier alpha value is -3.16. The minimum atomic E-state index is -5.56. The first-order valence-corrected chi connectivity index (χ1v) is 10.5. The van der Waals surface area contributed by atoms with Gasteiger partial charge in [0.05, 0.1) is 15.6 Å². The highest BCUT2D eigenvalue weighted by atomic mass is 35.5. The molecule has 3 N–H and O–H groups in total. The van der Waals surface area contributed by atoms with Crippen LogP contribution in [0.4, 0.5) is 29.3 Å². The number of hydrogen-bond acceptors (Lipinski definition) is 5. The van der Waals surface area contributed by atoms with E-state index in [0.717, 1.165) is 30.3 Å².